The van der Waals surface area contributed by atoms with Crippen LogP contribution in [0, 0.1) is 0 Å². The average molecular weight is 578 g/mol. The predicted octanol–water partition coefficient (Wildman–Crippen LogP) is -3.30. The fraction of sp³-hybridized carbons (Fsp3) is 0.478. The Bertz CT molecular complexity index is 1180. The van der Waals surface area contributed by atoms with E-state index in [4.69, 9.17) is 22.3 Å². The lowest BCUT2D eigenvalue weighted by molar-refractivity contribution is -0.143. The quantitative estimate of drug-likeness (QED) is 0.0473. The highest BCUT2D eigenvalue weighted by Gasteiger charge is 2.31. The topological polar surface area (TPSA) is 310 Å². The van der Waals surface area contributed by atoms with Crippen molar-refractivity contribution in [3.05, 3.63) is 36.4 Å². The number of nitrogens with one attached hydrogen (secondary N) is 5. The Labute approximate surface area is 234 Å². The minimum Gasteiger partial charge on any atom is -0.481 e. The van der Waals surface area contributed by atoms with Gasteiger partial charge in [-0.15, -0.1) is 0 Å². The van der Waals surface area contributed by atoms with E-state index in [0.717, 1.165) is 0 Å². The molecule has 18 heteroatoms. The molecule has 13 N–H and O–H groups in total. The molecule has 0 aliphatic heterocycles. The Hall–Kier alpha value is -5.00. The summed E-state index contributed by atoms with van der Waals surface area (Å²) in [6.07, 6.45) is 5.08. The van der Waals surface area contributed by atoms with Gasteiger partial charge in [-0.05, 0) is 19.3 Å². The number of amides is 3. The van der Waals surface area contributed by atoms with Gasteiger partial charge in [0.2, 0.25) is 17.7 Å². The van der Waals surface area contributed by atoms with Crippen LogP contribution in [0.5, 0.6) is 0 Å². The second kappa shape index (κ2) is 16.2. The smallest absolute Gasteiger partial charge is 0.326 e. The molecule has 4 atom stereocenters. The lowest BCUT2D eigenvalue weighted by Gasteiger charge is -2.25. The minimum atomic E-state index is -1.43. The van der Waals surface area contributed by atoms with Crippen LogP contribution in [0.1, 0.15) is 37.1 Å². The molecule has 224 valence electrons. The van der Waals surface area contributed by atoms with E-state index in [2.05, 4.69) is 40.9 Å². The average Bonchev–Trinajstić information content (AvgIpc) is 3.62. The molecule has 3 amide bonds. The van der Waals surface area contributed by atoms with E-state index in [9.17, 15) is 29.1 Å². The number of rotatable bonds is 18. The fourth-order valence-corrected chi connectivity index (χ4v) is 3.65. The van der Waals surface area contributed by atoms with Crippen LogP contribution in [-0.2, 0) is 36.8 Å². The van der Waals surface area contributed by atoms with Gasteiger partial charge in [-0.2, -0.15) is 0 Å². The zero-order valence-electron chi connectivity index (χ0n) is 22.1. The van der Waals surface area contributed by atoms with Crippen molar-refractivity contribution in [1.82, 2.24) is 35.9 Å². The molecule has 0 saturated heterocycles. The second-order valence-electron chi connectivity index (χ2n) is 9.07. The van der Waals surface area contributed by atoms with E-state index in [1.807, 2.05) is 0 Å². The number of aliphatic carboxylic acids is 2. The number of hydrogen-bond acceptors (Lipinski definition) is 9. The molecule has 0 aromatic carbocycles. The molecule has 18 nitrogen and oxygen atoms in total. The molecule has 0 radical (unpaired) electrons. The summed E-state index contributed by atoms with van der Waals surface area (Å²) in [6.45, 7) is 0.249. The highest BCUT2D eigenvalue weighted by atomic mass is 16.4. The van der Waals surface area contributed by atoms with E-state index >= 15 is 0 Å². The van der Waals surface area contributed by atoms with Crippen LogP contribution < -0.4 is 33.2 Å². The maximum absolute atomic E-state index is 13.3. The van der Waals surface area contributed by atoms with Crippen molar-refractivity contribution in [2.24, 2.45) is 22.2 Å². The number of aromatic amines is 2. The van der Waals surface area contributed by atoms with Gasteiger partial charge in [-0.25, -0.2) is 14.8 Å². The second-order valence-corrected chi connectivity index (χ2v) is 9.07. The minimum absolute atomic E-state index is 0.0663. The summed E-state index contributed by atoms with van der Waals surface area (Å²) in [5, 5.41) is 26.0. The standard InChI is InChI=1S/C23H35N11O7/c24-14(2-1-5-29-23(25)26)19(37)33-16(6-12-8-27-10-30-12)21(39)32-15(3-4-18(35)36)20(38)34-17(22(40)41)7-13-9-28-11-31-13/h8-11,14-17H,1-7,24H2,(H,27,30)(H,28,31)(H,32,39)(H,33,37)(H,34,38)(H,35,36)(H,40,41)(H4,25,26,29). The first-order valence-corrected chi connectivity index (χ1v) is 12.6. The number of hydrogen-bond donors (Lipinski definition) is 10. The van der Waals surface area contributed by atoms with Gasteiger partial charge in [-0.3, -0.25) is 24.2 Å². The maximum Gasteiger partial charge on any atom is 0.326 e. The molecule has 2 rings (SSSR count). The zero-order chi connectivity index (χ0) is 30.4. The first kappa shape index (κ1) is 32.2. The van der Waals surface area contributed by atoms with Crippen LogP contribution in [0.4, 0.5) is 0 Å². The van der Waals surface area contributed by atoms with E-state index in [1.54, 1.807) is 0 Å². The number of carboxylic acid groups (broad SMARTS) is 2. The highest BCUT2D eigenvalue weighted by Crippen LogP contribution is 2.06. The third kappa shape index (κ3) is 11.7. The van der Waals surface area contributed by atoms with Crippen molar-refractivity contribution in [2.75, 3.05) is 6.54 Å². The zero-order valence-corrected chi connectivity index (χ0v) is 22.1. The first-order valence-electron chi connectivity index (χ1n) is 12.6. The molecule has 2 aromatic heterocycles. The van der Waals surface area contributed by atoms with Crippen molar-refractivity contribution in [2.45, 2.75) is 62.7 Å². The van der Waals surface area contributed by atoms with Crippen molar-refractivity contribution >= 4 is 35.6 Å². The molecule has 0 bridgehead atoms. The van der Waals surface area contributed by atoms with Gasteiger partial charge in [0.05, 0.1) is 18.7 Å². The summed E-state index contributed by atoms with van der Waals surface area (Å²) in [5.74, 6) is -5.10. The Kier molecular flexibility index (Phi) is 12.7. The molecule has 0 saturated carbocycles. The van der Waals surface area contributed by atoms with E-state index in [1.165, 1.54) is 25.0 Å². The number of aliphatic imine (C=N–C) groups is 1. The van der Waals surface area contributed by atoms with Gasteiger partial charge in [0.1, 0.15) is 18.1 Å². The molecular weight excluding hydrogens is 542 g/mol. The third-order valence-electron chi connectivity index (χ3n) is 5.79. The molecule has 0 aliphatic rings. The monoisotopic (exact) mass is 577 g/mol. The van der Waals surface area contributed by atoms with Crippen LogP contribution in [0.15, 0.2) is 30.0 Å². The van der Waals surface area contributed by atoms with Crippen molar-refractivity contribution in [3.63, 3.8) is 0 Å². The fourth-order valence-electron chi connectivity index (χ4n) is 3.65. The molecule has 0 aliphatic carbocycles. The number of nitrogens with two attached hydrogens (primary N) is 3. The normalized spacial score (nSPS) is 13.7. The van der Waals surface area contributed by atoms with Gasteiger partial charge < -0.3 is 53.3 Å². The van der Waals surface area contributed by atoms with Gasteiger partial charge in [0, 0.05) is 49.6 Å². The number of carboxylic acids is 2. The number of carbonyl (C=O) groups is 5. The first-order chi connectivity index (χ1) is 19.5. The van der Waals surface area contributed by atoms with Gasteiger partial charge in [0.25, 0.3) is 0 Å². The largest absolute Gasteiger partial charge is 0.481 e. The Morgan fingerprint density at radius 1 is 0.829 bits per heavy atom. The number of aromatic nitrogens is 4. The molecule has 2 aromatic rings. The predicted molar refractivity (Wildman–Crippen MR) is 143 cm³/mol. The van der Waals surface area contributed by atoms with Crippen molar-refractivity contribution < 1.29 is 34.2 Å². The lowest BCUT2D eigenvalue weighted by Crippen LogP contribution is -2.57. The number of carbonyl (C=O) groups excluding carboxylic acids is 3. The molecule has 2 heterocycles. The molecule has 0 fully saturated rings. The van der Waals surface area contributed by atoms with Crippen LogP contribution in [-0.4, -0.2) is 96.5 Å². The SMILES string of the molecule is NC(N)=NCCCC(N)C(=O)NC(Cc1cnc[nH]1)C(=O)NC(CCC(=O)O)C(=O)NC(Cc1cnc[nH]1)C(=O)O. The Balaban J connectivity index is 2.15. The number of imidazole rings is 2. The van der Waals surface area contributed by atoms with E-state index in [-0.39, 0.29) is 38.2 Å². The van der Waals surface area contributed by atoms with E-state index < -0.39 is 60.2 Å². The maximum atomic E-state index is 13.3. The third-order valence-corrected chi connectivity index (χ3v) is 5.79. The van der Waals surface area contributed by atoms with Gasteiger partial charge in [-0.1, -0.05) is 0 Å². The molecule has 41 heavy (non-hydrogen) atoms. The summed E-state index contributed by atoms with van der Waals surface area (Å²) in [6, 6.07) is -5.08. The highest BCUT2D eigenvalue weighted by molar-refractivity contribution is 5.94. The Morgan fingerprint density at radius 2 is 1.37 bits per heavy atom. The summed E-state index contributed by atoms with van der Waals surface area (Å²) in [4.78, 5) is 79.1. The van der Waals surface area contributed by atoms with Crippen LogP contribution in [0.2, 0.25) is 0 Å². The number of H-pyrrole nitrogens is 2. The Morgan fingerprint density at radius 3 is 1.88 bits per heavy atom. The summed E-state index contributed by atoms with van der Waals surface area (Å²) < 4.78 is 0. The summed E-state index contributed by atoms with van der Waals surface area (Å²) >= 11 is 0. The molecular formula is C23H35N11O7. The van der Waals surface area contributed by atoms with Crippen LogP contribution >= 0.6 is 0 Å². The molecule has 0 spiro atoms. The number of guanidine groups is 1. The van der Waals surface area contributed by atoms with Crippen molar-refractivity contribution in [1.29, 1.82) is 0 Å². The van der Waals surface area contributed by atoms with Crippen LogP contribution in [0.3, 0.4) is 0 Å². The van der Waals surface area contributed by atoms with Gasteiger partial charge in [0.15, 0.2) is 5.96 Å². The van der Waals surface area contributed by atoms with Gasteiger partial charge >= 0.3 is 11.9 Å². The lowest BCUT2D eigenvalue weighted by atomic mass is 10.1. The molecule has 4 unspecified atom stereocenters. The number of nitrogens with zero attached hydrogens (tertiary/aromatic N) is 3. The van der Waals surface area contributed by atoms with Crippen LogP contribution in [0.25, 0.3) is 0 Å². The van der Waals surface area contributed by atoms with E-state index in [0.29, 0.717) is 17.8 Å². The summed E-state index contributed by atoms with van der Waals surface area (Å²) in [7, 11) is 0. The van der Waals surface area contributed by atoms with Crippen molar-refractivity contribution in [3.8, 4) is 0 Å². The summed E-state index contributed by atoms with van der Waals surface area (Å²) in [5.41, 5.74) is 17.4.